The summed E-state index contributed by atoms with van der Waals surface area (Å²) in [4.78, 5) is 0. The molecule has 4 heteroatoms. The van der Waals surface area contributed by atoms with Gasteiger partial charge in [-0.05, 0) is 11.5 Å². The van der Waals surface area contributed by atoms with Crippen LogP contribution in [0.1, 0.15) is 5.56 Å². The van der Waals surface area contributed by atoms with E-state index in [1.54, 1.807) is 7.11 Å². The molecule has 1 rings (SSSR count). The van der Waals surface area contributed by atoms with Crippen molar-refractivity contribution in [3.63, 3.8) is 0 Å². The highest BCUT2D eigenvalue weighted by Crippen LogP contribution is 2.19. The quantitative estimate of drug-likeness (QED) is 0.665. The van der Waals surface area contributed by atoms with Crippen molar-refractivity contribution < 1.29 is 4.74 Å². The van der Waals surface area contributed by atoms with Gasteiger partial charge >= 0.3 is 0 Å². The van der Waals surface area contributed by atoms with E-state index in [1.165, 1.54) is 11.5 Å². The fourth-order valence-electron chi connectivity index (χ4n) is 0.520. The molecule has 0 bridgehead atoms. The molecule has 0 saturated heterocycles. The van der Waals surface area contributed by atoms with Crippen molar-refractivity contribution in [3.8, 4) is 5.88 Å². The zero-order valence-electron chi connectivity index (χ0n) is 5.00. The normalized spacial score (nSPS) is 9.56. The van der Waals surface area contributed by atoms with E-state index in [9.17, 15) is 0 Å². The molecule has 0 radical (unpaired) electrons. The van der Waals surface area contributed by atoms with Crippen LogP contribution in [0.2, 0.25) is 0 Å². The maximum Gasteiger partial charge on any atom is 0.228 e. The molecule has 0 spiro atoms. The second-order valence-electron chi connectivity index (χ2n) is 1.51. The van der Waals surface area contributed by atoms with Gasteiger partial charge in [0.2, 0.25) is 5.88 Å². The summed E-state index contributed by atoms with van der Waals surface area (Å²) in [5.41, 5.74) is 1.06. The summed E-state index contributed by atoms with van der Waals surface area (Å²) in [5, 5.41) is 1.94. The van der Waals surface area contributed by atoms with Crippen LogP contribution < -0.4 is 4.74 Å². The molecule has 0 amide bonds. The summed E-state index contributed by atoms with van der Waals surface area (Å²) in [6, 6.07) is 0. The maximum absolute atomic E-state index is 4.93. The Hall–Kier alpha value is -0.220. The van der Waals surface area contributed by atoms with Crippen molar-refractivity contribution in [1.82, 2.24) is 4.37 Å². The molecule has 0 unspecified atom stereocenters. The molecular formula is C5H7NOS2. The van der Waals surface area contributed by atoms with Gasteiger partial charge in [0.15, 0.2) is 0 Å². The Kier molecular flexibility index (Phi) is 2.36. The predicted molar refractivity (Wildman–Crippen MR) is 41.4 cm³/mol. The van der Waals surface area contributed by atoms with Gasteiger partial charge in [-0.1, -0.05) is 0 Å². The van der Waals surface area contributed by atoms with Crippen LogP contribution in [-0.2, 0) is 5.75 Å². The Bertz CT molecular complexity index is 168. The summed E-state index contributed by atoms with van der Waals surface area (Å²) in [5.74, 6) is 1.40. The standard InChI is InChI=1S/C5H7NOS2/c1-7-5-4(2-8)3-9-6-5/h3,8H,2H2,1H3. The first kappa shape index (κ1) is 6.89. The lowest BCUT2D eigenvalue weighted by molar-refractivity contribution is 0.399. The smallest absolute Gasteiger partial charge is 0.228 e. The first-order chi connectivity index (χ1) is 4.38. The Balaban J connectivity index is 2.85. The number of ether oxygens (including phenoxy) is 1. The fourth-order valence-corrected chi connectivity index (χ4v) is 1.52. The third-order valence-electron chi connectivity index (χ3n) is 0.969. The van der Waals surface area contributed by atoms with Gasteiger partial charge in [-0.25, -0.2) is 0 Å². The molecule has 0 aliphatic heterocycles. The summed E-state index contributed by atoms with van der Waals surface area (Å²) in [6.07, 6.45) is 0. The summed E-state index contributed by atoms with van der Waals surface area (Å²) in [6.45, 7) is 0. The van der Waals surface area contributed by atoms with Crippen molar-refractivity contribution in [3.05, 3.63) is 10.9 Å². The van der Waals surface area contributed by atoms with Gasteiger partial charge in [0.25, 0.3) is 0 Å². The van der Waals surface area contributed by atoms with Gasteiger partial charge in [-0.15, -0.1) is 0 Å². The highest BCUT2D eigenvalue weighted by molar-refractivity contribution is 7.79. The predicted octanol–water partition coefficient (Wildman–Crippen LogP) is 1.58. The minimum atomic E-state index is 0.694. The largest absolute Gasteiger partial charge is 0.480 e. The second-order valence-corrected chi connectivity index (χ2v) is 2.45. The minimum absolute atomic E-state index is 0.694. The lowest BCUT2D eigenvalue weighted by atomic mass is 10.4. The van der Waals surface area contributed by atoms with Crippen LogP contribution in [0.25, 0.3) is 0 Å². The summed E-state index contributed by atoms with van der Waals surface area (Å²) in [7, 11) is 1.61. The van der Waals surface area contributed by atoms with E-state index in [0.717, 1.165) is 5.56 Å². The average molecular weight is 161 g/mol. The number of rotatable bonds is 2. The van der Waals surface area contributed by atoms with Gasteiger partial charge in [0, 0.05) is 16.7 Å². The van der Waals surface area contributed by atoms with Crippen molar-refractivity contribution >= 4 is 24.2 Å². The molecule has 0 fully saturated rings. The van der Waals surface area contributed by atoms with Gasteiger partial charge in [0.05, 0.1) is 7.11 Å². The Morgan fingerprint density at radius 1 is 1.89 bits per heavy atom. The van der Waals surface area contributed by atoms with Crippen LogP contribution in [0.3, 0.4) is 0 Å². The Morgan fingerprint density at radius 3 is 3.11 bits per heavy atom. The van der Waals surface area contributed by atoms with Gasteiger partial charge < -0.3 is 4.74 Å². The van der Waals surface area contributed by atoms with Gasteiger partial charge in [0.1, 0.15) is 0 Å². The Morgan fingerprint density at radius 2 is 2.67 bits per heavy atom. The van der Waals surface area contributed by atoms with Gasteiger partial charge in [-0.2, -0.15) is 17.0 Å². The van der Waals surface area contributed by atoms with Crippen LogP contribution in [0.15, 0.2) is 5.38 Å². The fraction of sp³-hybridized carbons (Fsp3) is 0.400. The van der Waals surface area contributed by atoms with E-state index in [1.807, 2.05) is 5.38 Å². The molecule has 0 atom stereocenters. The zero-order valence-corrected chi connectivity index (χ0v) is 6.71. The molecule has 0 aliphatic carbocycles. The molecule has 0 N–H and O–H groups in total. The van der Waals surface area contributed by atoms with E-state index in [4.69, 9.17) is 4.74 Å². The minimum Gasteiger partial charge on any atom is -0.480 e. The van der Waals surface area contributed by atoms with Crippen molar-refractivity contribution in [1.29, 1.82) is 0 Å². The molecular weight excluding hydrogens is 154 g/mol. The second kappa shape index (κ2) is 3.08. The zero-order chi connectivity index (χ0) is 6.69. The summed E-state index contributed by atoms with van der Waals surface area (Å²) < 4.78 is 8.90. The Labute approximate surface area is 63.4 Å². The van der Waals surface area contributed by atoms with Crippen LogP contribution >= 0.6 is 24.2 Å². The van der Waals surface area contributed by atoms with E-state index >= 15 is 0 Å². The highest BCUT2D eigenvalue weighted by atomic mass is 32.1. The number of nitrogens with zero attached hydrogens (tertiary/aromatic N) is 1. The number of methoxy groups -OCH3 is 1. The van der Waals surface area contributed by atoms with E-state index in [-0.39, 0.29) is 0 Å². The van der Waals surface area contributed by atoms with Crippen molar-refractivity contribution in [2.45, 2.75) is 5.75 Å². The van der Waals surface area contributed by atoms with E-state index in [2.05, 4.69) is 17.0 Å². The van der Waals surface area contributed by atoms with Gasteiger partial charge in [-0.3, -0.25) is 0 Å². The number of hydrogen-bond donors (Lipinski definition) is 1. The first-order valence-electron chi connectivity index (χ1n) is 2.46. The lowest BCUT2D eigenvalue weighted by Crippen LogP contribution is -1.85. The maximum atomic E-state index is 4.93. The third kappa shape index (κ3) is 1.37. The molecule has 0 aliphatic rings. The van der Waals surface area contributed by atoms with E-state index in [0.29, 0.717) is 11.6 Å². The highest BCUT2D eigenvalue weighted by Gasteiger charge is 2.01. The molecule has 0 aromatic carbocycles. The molecule has 9 heavy (non-hydrogen) atoms. The van der Waals surface area contributed by atoms with Crippen molar-refractivity contribution in [2.75, 3.05) is 7.11 Å². The van der Waals surface area contributed by atoms with E-state index < -0.39 is 0 Å². The van der Waals surface area contributed by atoms with Crippen LogP contribution in [-0.4, -0.2) is 11.5 Å². The molecule has 1 heterocycles. The molecule has 1 aromatic rings. The molecule has 0 saturated carbocycles. The van der Waals surface area contributed by atoms with Crippen molar-refractivity contribution in [2.24, 2.45) is 0 Å². The monoisotopic (exact) mass is 161 g/mol. The number of aromatic nitrogens is 1. The first-order valence-corrected chi connectivity index (χ1v) is 3.93. The molecule has 50 valence electrons. The van der Waals surface area contributed by atoms with Crippen LogP contribution in [0.5, 0.6) is 5.88 Å². The lowest BCUT2D eigenvalue weighted by Gasteiger charge is -1.93. The van der Waals surface area contributed by atoms with Crippen LogP contribution in [0.4, 0.5) is 0 Å². The third-order valence-corrected chi connectivity index (χ3v) is 1.97. The molecule has 1 aromatic heterocycles. The topological polar surface area (TPSA) is 22.1 Å². The van der Waals surface area contributed by atoms with Crippen LogP contribution in [0, 0.1) is 0 Å². The summed E-state index contributed by atoms with van der Waals surface area (Å²) >= 11 is 5.48. The number of thiol groups is 1. The molecule has 2 nitrogen and oxygen atoms in total. The number of hydrogen-bond acceptors (Lipinski definition) is 4. The SMILES string of the molecule is COc1nscc1CS. The average Bonchev–Trinajstić information content (AvgIpc) is 2.33.